The molecule has 0 amide bonds. The Morgan fingerprint density at radius 2 is 1.79 bits per heavy atom. The van der Waals surface area contributed by atoms with Crippen LogP contribution in [0.2, 0.25) is 0 Å². The first-order valence-corrected chi connectivity index (χ1v) is 8.11. The zero-order valence-corrected chi connectivity index (χ0v) is 11.2. The highest BCUT2D eigenvalue weighted by Crippen LogP contribution is 2.31. The molecule has 1 atom stereocenters. The summed E-state index contributed by atoms with van der Waals surface area (Å²) in [7, 11) is 5.72. The molecule has 0 spiro atoms. The van der Waals surface area contributed by atoms with Gasteiger partial charge in [-0.25, -0.2) is 0 Å². The lowest BCUT2D eigenvalue weighted by atomic mass is 10.1. The zero-order chi connectivity index (χ0) is 10.6. The number of hydrogen-bond acceptors (Lipinski definition) is 2. The van der Waals surface area contributed by atoms with E-state index in [0.717, 1.165) is 19.0 Å². The molecule has 0 aromatic heterocycles. The minimum Gasteiger partial charge on any atom is -0.301 e. The average Bonchev–Trinajstić information content (AvgIpc) is 2.15. The Hall–Kier alpha value is 0.560. The van der Waals surface area contributed by atoms with Crippen LogP contribution in [0.25, 0.3) is 0 Å². The van der Waals surface area contributed by atoms with Crippen molar-refractivity contribution in [3.8, 4) is 0 Å². The van der Waals surface area contributed by atoms with E-state index in [4.69, 9.17) is 10.7 Å². The van der Waals surface area contributed by atoms with Crippen molar-refractivity contribution >= 4 is 21.0 Å². The highest BCUT2D eigenvalue weighted by atomic mass is 35.7. The van der Waals surface area contributed by atoms with Gasteiger partial charge in [-0.1, -0.05) is 24.5 Å². The van der Waals surface area contributed by atoms with Crippen LogP contribution >= 0.6 is 21.0 Å². The highest BCUT2D eigenvalue weighted by Gasteiger charge is 2.17. The van der Waals surface area contributed by atoms with Gasteiger partial charge in [0.05, 0.1) is 0 Å². The van der Waals surface area contributed by atoms with Gasteiger partial charge in [0, 0.05) is 26.2 Å². The number of piperazine rings is 1. The third-order valence-corrected chi connectivity index (χ3v) is 4.58. The molecule has 1 unspecified atom stereocenters. The van der Waals surface area contributed by atoms with Crippen molar-refractivity contribution in [1.82, 2.24) is 9.21 Å². The molecule has 0 saturated carbocycles. The van der Waals surface area contributed by atoms with Crippen LogP contribution in [0, 0.1) is 5.92 Å². The Morgan fingerprint density at radius 1 is 1.21 bits per heavy atom. The molecule has 4 heteroatoms. The predicted octanol–water partition coefficient (Wildman–Crippen LogP) is 2.35. The van der Waals surface area contributed by atoms with Gasteiger partial charge in [-0.05, 0) is 25.1 Å². The second-order valence-electron chi connectivity index (χ2n) is 4.42. The maximum absolute atomic E-state index is 6.10. The monoisotopic (exact) mass is 238 g/mol. The van der Waals surface area contributed by atoms with Crippen molar-refractivity contribution in [3.63, 3.8) is 0 Å². The third kappa shape index (κ3) is 4.39. The van der Waals surface area contributed by atoms with E-state index < -0.39 is 0 Å². The summed E-state index contributed by atoms with van der Waals surface area (Å²) < 4.78 is 2.41. The first-order chi connectivity index (χ1) is 6.59. The molecule has 0 aromatic carbocycles. The summed E-state index contributed by atoms with van der Waals surface area (Å²) in [4.78, 5) is 2.56. The van der Waals surface area contributed by atoms with Crippen molar-refractivity contribution in [2.75, 3.05) is 39.0 Å². The Kier molecular flexibility index (Phi) is 5.60. The molecule has 1 fully saturated rings. The number of rotatable bonds is 4. The Balaban J connectivity index is 2.16. The van der Waals surface area contributed by atoms with Crippen LogP contribution < -0.4 is 0 Å². The molecule has 0 bridgehead atoms. The second kappa shape index (κ2) is 6.21. The van der Waals surface area contributed by atoms with E-state index in [1.54, 1.807) is 0 Å². The van der Waals surface area contributed by atoms with Crippen molar-refractivity contribution in [1.29, 1.82) is 0 Å². The molecule has 0 aromatic rings. The fraction of sp³-hybridized carbons (Fsp3) is 1.00. The lowest BCUT2D eigenvalue weighted by Crippen LogP contribution is -2.44. The minimum atomic E-state index is -0.381. The topological polar surface area (TPSA) is 6.48 Å². The van der Waals surface area contributed by atoms with E-state index in [-0.39, 0.29) is 10.3 Å². The summed E-state index contributed by atoms with van der Waals surface area (Å²) in [6.07, 6.45) is 3.45. The van der Waals surface area contributed by atoms with Gasteiger partial charge in [0.25, 0.3) is 0 Å². The van der Waals surface area contributed by atoms with Crippen LogP contribution in [0.15, 0.2) is 0 Å². The first kappa shape index (κ1) is 12.6. The third-order valence-electron chi connectivity index (χ3n) is 2.76. The molecule has 14 heavy (non-hydrogen) atoms. The number of hydrogen-bond donors (Lipinski definition) is 1. The number of thiol groups is 1. The molecule has 1 aliphatic rings. The molecular formula is C10H23ClN2S. The van der Waals surface area contributed by atoms with Gasteiger partial charge in [0.1, 0.15) is 0 Å². The molecule has 0 N–H and O–H groups in total. The standard InChI is InChI=1S/C10H23ClN2S/c1-10(2)4-5-12-6-8-13(9-7-12)14(3)11/h10,14H,4-9H2,1-3H3. The Morgan fingerprint density at radius 3 is 2.21 bits per heavy atom. The number of nitrogens with zero attached hydrogens (tertiary/aromatic N) is 2. The fourth-order valence-corrected chi connectivity index (χ4v) is 2.86. The van der Waals surface area contributed by atoms with Crippen LogP contribution in [0.1, 0.15) is 20.3 Å². The minimum absolute atomic E-state index is 0.381. The van der Waals surface area contributed by atoms with Crippen LogP contribution in [-0.4, -0.2) is 48.2 Å². The van der Waals surface area contributed by atoms with E-state index >= 15 is 0 Å². The van der Waals surface area contributed by atoms with Crippen molar-refractivity contribution in [2.45, 2.75) is 20.3 Å². The maximum atomic E-state index is 6.10. The van der Waals surface area contributed by atoms with E-state index in [2.05, 4.69) is 29.3 Å². The van der Waals surface area contributed by atoms with Gasteiger partial charge in [0.2, 0.25) is 0 Å². The SMILES string of the molecule is CC(C)CCN1CCN([SH](C)Cl)CC1. The summed E-state index contributed by atoms with van der Waals surface area (Å²) in [6.45, 7) is 10.6. The summed E-state index contributed by atoms with van der Waals surface area (Å²) in [5.74, 6) is 0.823. The summed E-state index contributed by atoms with van der Waals surface area (Å²) in [6, 6.07) is 0. The van der Waals surface area contributed by atoms with E-state index in [9.17, 15) is 0 Å². The van der Waals surface area contributed by atoms with Gasteiger partial charge in [-0.15, -0.1) is 10.3 Å². The van der Waals surface area contributed by atoms with Gasteiger partial charge >= 0.3 is 0 Å². The van der Waals surface area contributed by atoms with Gasteiger partial charge in [0.15, 0.2) is 0 Å². The lowest BCUT2D eigenvalue weighted by molar-refractivity contribution is 0.188. The summed E-state index contributed by atoms with van der Waals surface area (Å²) in [5, 5.41) is 0. The molecular weight excluding hydrogens is 216 g/mol. The van der Waals surface area contributed by atoms with Crippen molar-refractivity contribution in [2.24, 2.45) is 5.92 Å². The first-order valence-electron chi connectivity index (χ1n) is 5.46. The molecule has 86 valence electrons. The number of halogens is 1. The van der Waals surface area contributed by atoms with E-state index in [0.29, 0.717) is 0 Å². The van der Waals surface area contributed by atoms with E-state index in [1.807, 2.05) is 0 Å². The lowest BCUT2D eigenvalue weighted by Gasteiger charge is -2.37. The normalized spacial score (nSPS) is 24.2. The van der Waals surface area contributed by atoms with Crippen molar-refractivity contribution in [3.05, 3.63) is 0 Å². The predicted molar refractivity (Wildman–Crippen MR) is 68.2 cm³/mol. The second-order valence-corrected chi connectivity index (χ2v) is 7.35. The van der Waals surface area contributed by atoms with Crippen LogP contribution in [-0.2, 0) is 0 Å². The molecule has 2 nitrogen and oxygen atoms in total. The van der Waals surface area contributed by atoms with Crippen molar-refractivity contribution < 1.29 is 0 Å². The fourth-order valence-electron chi connectivity index (χ4n) is 1.68. The highest BCUT2D eigenvalue weighted by molar-refractivity contribution is 8.34. The summed E-state index contributed by atoms with van der Waals surface area (Å²) >= 11 is 0. The Bertz CT molecular complexity index is 156. The van der Waals surface area contributed by atoms with Crippen LogP contribution in [0.5, 0.6) is 0 Å². The molecule has 1 rings (SSSR count). The molecule has 0 aliphatic carbocycles. The van der Waals surface area contributed by atoms with Crippen LogP contribution in [0.3, 0.4) is 0 Å². The van der Waals surface area contributed by atoms with Gasteiger partial charge in [-0.2, -0.15) is 0 Å². The molecule has 1 saturated heterocycles. The quantitative estimate of drug-likeness (QED) is 0.752. The smallest absolute Gasteiger partial charge is 0.0211 e. The van der Waals surface area contributed by atoms with Gasteiger partial charge < -0.3 is 4.90 Å². The average molecular weight is 239 g/mol. The zero-order valence-electron chi connectivity index (χ0n) is 9.54. The Labute approximate surface area is 95.6 Å². The van der Waals surface area contributed by atoms with Crippen LogP contribution in [0.4, 0.5) is 0 Å². The maximum Gasteiger partial charge on any atom is 0.0211 e. The van der Waals surface area contributed by atoms with Gasteiger partial charge in [-0.3, -0.25) is 4.31 Å². The van der Waals surface area contributed by atoms with E-state index in [1.165, 1.54) is 26.1 Å². The molecule has 1 heterocycles. The molecule has 0 radical (unpaired) electrons. The largest absolute Gasteiger partial charge is 0.301 e. The molecule has 1 aliphatic heterocycles. The summed E-state index contributed by atoms with van der Waals surface area (Å²) in [5.41, 5.74) is 0.